The Labute approximate surface area is 252 Å². The van der Waals surface area contributed by atoms with Crippen molar-refractivity contribution >= 4 is 62.9 Å². The first kappa shape index (κ1) is 28.3. The number of para-hydroxylation sites is 1. The Balaban J connectivity index is 1.37. The maximum Gasteiger partial charge on any atom is 0.313 e. The van der Waals surface area contributed by atoms with Crippen LogP contribution < -0.4 is 10.3 Å². The van der Waals surface area contributed by atoms with Gasteiger partial charge in [-0.15, -0.1) is 0 Å². The molecule has 0 bridgehead atoms. The van der Waals surface area contributed by atoms with Gasteiger partial charge in [0.2, 0.25) is 11.6 Å². The summed E-state index contributed by atoms with van der Waals surface area (Å²) < 4.78 is 17.8. The lowest BCUT2D eigenvalue weighted by Crippen LogP contribution is -2.43. The van der Waals surface area contributed by atoms with Gasteiger partial charge in [0.25, 0.3) is 11.5 Å². The third-order valence-corrected chi connectivity index (χ3v) is 7.24. The zero-order valence-corrected chi connectivity index (χ0v) is 23.7. The van der Waals surface area contributed by atoms with Gasteiger partial charge in [-0.25, -0.2) is 4.98 Å². The van der Waals surface area contributed by atoms with Crippen molar-refractivity contribution in [2.45, 2.75) is 0 Å². The number of morpholine rings is 1. The van der Waals surface area contributed by atoms with Crippen LogP contribution in [0.4, 0.5) is 5.69 Å². The number of fused-ring (bicyclic) bond motifs is 2. The zero-order chi connectivity index (χ0) is 30.1. The molecule has 1 saturated heterocycles. The lowest BCUT2D eigenvalue weighted by atomic mass is 10.2. The van der Waals surface area contributed by atoms with Crippen molar-refractivity contribution in [2.75, 3.05) is 32.9 Å². The smallest absolute Gasteiger partial charge is 0.313 e. The van der Waals surface area contributed by atoms with E-state index in [2.05, 4.69) is 10.1 Å². The van der Waals surface area contributed by atoms with Crippen molar-refractivity contribution in [3.05, 3.63) is 96.7 Å². The molecule has 2 aromatic heterocycles. The molecule has 218 valence electrons. The number of hydrogen-bond donors (Lipinski definition) is 0. The minimum atomic E-state index is -0.674. The predicted molar refractivity (Wildman–Crippen MR) is 160 cm³/mol. The van der Waals surface area contributed by atoms with E-state index in [4.69, 9.17) is 37.1 Å². The van der Waals surface area contributed by atoms with Gasteiger partial charge >= 0.3 is 5.69 Å². The summed E-state index contributed by atoms with van der Waals surface area (Å²) in [6.07, 6.45) is 1.24. The fraction of sp³-hybridized carbons (Fsp3) is 0.172. The molecule has 3 heterocycles. The Hall–Kier alpha value is -4.78. The van der Waals surface area contributed by atoms with Gasteiger partial charge in [0.1, 0.15) is 5.58 Å². The summed E-state index contributed by atoms with van der Waals surface area (Å²) in [4.78, 5) is 43.4. The summed E-state index contributed by atoms with van der Waals surface area (Å²) >= 11 is 12.5. The SMILES string of the molecule is O=C(COc1c(Cl)cc(C=Nn2c(-c3cc4cc(Cl)ccc4o3)nc3ccccc3c2=O)cc1[N+](=O)[O-])N1CCOCC1. The molecule has 0 atom stereocenters. The second-order valence-electron chi connectivity index (χ2n) is 9.50. The van der Waals surface area contributed by atoms with Crippen molar-refractivity contribution in [3.63, 3.8) is 0 Å². The third-order valence-electron chi connectivity index (χ3n) is 6.72. The van der Waals surface area contributed by atoms with Crippen LogP contribution in [-0.4, -0.2) is 64.5 Å². The Morgan fingerprint density at radius 2 is 1.91 bits per heavy atom. The molecule has 3 aromatic carbocycles. The normalized spacial score (nSPS) is 13.7. The molecule has 12 nitrogen and oxygen atoms in total. The molecule has 5 aromatic rings. The molecule has 0 aliphatic carbocycles. The molecule has 0 N–H and O–H groups in total. The number of nitrogens with zero attached hydrogens (tertiary/aromatic N) is 5. The Kier molecular flexibility index (Phi) is 7.80. The summed E-state index contributed by atoms with van der Waals surface area (Å²) in [6, 6.07) is 16.1. The van der Waals surface area contributed by atoms with E-state index >= 15 is 0 Å². The summed E-state index contributed by atoms with van der Waals surface area (Å²) in [6.45, 7) is 1.18. The molecule has 1 aliphatic heterocycles. The van der Waals surface area contributed by atoms with Gasteiger partial charge in [0.15, 0.2) is 12.4 Å². The van der Waals surface area contributed by atoms with Crippen LogP contribution in [0.1, 0.15) is 5.56 Å². The van der Waals surface area contributed by atoms with Crippen molar-refractivity contribution in [1.29, 1.82) is 0 Å². The second-order valence-corrected chi connectivity index (χ2v) is 10.3. The van der Waals surface area contributed by atoms with Gasteiger partial charge in [0.05, 0.1) is 40.3 Å². The van der Waals surface area contributed by atoms with E-state index in [-0.39, 0.29) is 33.8 Å². The highest BCUT2D eigenvalue weighted by Crippen LogP contribution is 2.36. The maximum absolute atomic E-state index is 13.5. The minimum absolute atomic E-state index is 0.106. The van der Waals surface area contributed by atoms with Crippen LogP contribution in [0.25, 0.3) is 33.5 Å². The van der Waals surface area contributed by atoms with Crippen molar-refractivity contribution < 1.29 is 23.6 Å². The predicted octanol–water partition coefficient (Wildman–Crippen LogP) is 5.14. The molecule has 0 radical (unpaired) electrons. The summed E-state index contributed by atoms with van der Waals surface area (Å²) in [5, 5.41) is 17.7. The zero-order valence-electron chi connectivity index (χ0n) is 22.2. The lowest BCUT2D eigenvalue weighted by molar-refractivity contribution is -0.385. The van der Waals surface area contributed by atoms with Gasteiger partial charge in [0, 0.05) is 35.1 Å². The molecular formula is C29H21Cl2N5O7. The topological polar surface area (TPSA) is 142 Å². The van der Waals surface area contributed by atoms with Gasteiger partial charge in [-0.3, -0.25) is 19.7 Å². The lowest BCUT2D eigenvalue weighted by Gasteiger charge is -2.26. The number of aromatic nitrogens is 2. The second kappa shape index (κ2) is 11.8. The van der Waals surface area contributed by atoms with Gasteiger partial charge in [-0.2, -0.15) is 9.78 Å². The van der Waals surface area contributed by atoms with E-state index in [9.17, 15) is 19.7 Å². The highest BCUT2D eigenvalue weighted by Gasteiger charge is 2.24. The quantitative estimate of drug-likeness (QED) is 0.138. The molecule has 6 rings (SSSR count). The number of nitro benzene ring substituents is 1. The van der Waals surface area contributed by atoms with Crippen LogP contribution in [0.3, 0.4) is 0 Å². The molecule has 1 fully saturated rings. The van der Waals surface area contributed by atoms with E-state index in [0.717, 1.165) is 4.68 Å². The number of furan rings is 1. The first-order valence-corrected chi connectivity index (χ1v) is 13.8. The molecule has 0 saturated carbocycles. The van der Waals surface area contributed by atoms with Crippen LogP contribution in [0, 0.1) is 10.1 Å². The number of carbonyl (C=O) groups excluding carboxylic acids is 1. The van der Waals surface area contributed by atoms with E-state index in [1.54, 1.807) is 53.4 Å². The molecule has 0 spiro atoms. The van der Waals surface area contributed by atoms with E-state index in [0.29, 0.717) is 53.2 Å². The average Bonchev–Trinajstić information content (AvgIpc) is 3.43. The minimum Gasteiger partial charge on any atom is -0.476 e. The van der Waals surface area contributed by atoms with Crippen molar-refractivity contribution in [1.82, 2.24) is 14.6 Å². The molecule has 0 unspecified atom stereocenters. The standard InChI is InChI=1S/C29H21Cl2N5O7/c30-19-5-6-24-18(13-19)14-25(43-24)28-33-22-4-2-1-3-20(22)29(38)35(28)32-15-17-11-21(31)27(23(12-17)36(39)40)42-16-26(37)34-7-9-41-10-8-34/h1-6,11-15H,7-10,16H2. The number of carbonyl (C=O) groups is 1. The van der Waals surface area contributed by atoms with Gasteiger partial charge in [-0.05, 0) is 42.5 Å². The van der Waals surface area contributed by atoms with Crippen molar-refractivity contribution in [3.8, 4) is 17.3 Å². The monoisotopic (exact) mass is 621 g/mol. The third kappa shape index (κ3) is 5.80. The molecule has 1 aliphatic rings. The molecule has 1 amide bonds. The number of halogens is 2. The number of hydrogen-bond acceptors (Lipinski definition) is 9. The summed E-state index contributed by atoms with van der Waals surface area (Å²) in [5.74, 6) is -0.233. The van der Waals surface area contributed by atoms with Gasteiger partial charge in [-0.1, -0.05) is 35.3 Å². The highest BCUT2D eigenvalue weighted by molar-refractivity contribution is 6.32. The van der Waals surface area contributed by atoms with Crippen LogP contribution in [0.5, 0.6) is 5.75 Å². The molecular weight excluding hydrogens is 601 g/mol. The van der Waals surface area contributed by atoms with Crippen molar-refractivity contribution in [2.24, 2.45) is 5.10 Å². The van der Waals surface area contributed by atoms with E-state index < -0.39 is 22.8 Å². The van der Waals surface area contributed by atoms with Crippen LogP contribution in [0.15, 0.2) is 75.0 Å². The largest absolute Gasteiger partial charge is 0.476 e. The highest BCUT2D eigenvalue weighted by atomic mass is 35.5. The number of benzene rings is 3. The number of nitro groups is 1. The first-order valence-electron chi connectivity index (χ1n) is 13.0. The van der Waals surface area contributed by atoms with Crippen LogP contribution in [0.2, 0.25) is 10.0 Å². The Morgan fingerprint density at radius 3 is 2.70 bits per heavy atom. The van der Waals surface area contributed by atoms with E-state index in [1.807, 2.05) is 0 Å². The average molecular weight is 622 g/mol. The van der Waals surface area contributed by atoms with Crippen LogP contribution in [-0.2, 0) is 9.53 Å². The van der Waals surface area contributed by atoms with E-state index in [1.165, 1.54) is 18.3 Å². The Morgan fingerprint density at radius 1 is 1.12 bits per heavy atom. The molecule has 43 heavy (non-hydrogen) atoms. The van der Waals surface area contributed by atoms with Crippen LogP contribution >= 0.6 is 23.2 Å². The summed E-state index contributed by atoms with van der Waals surface area (Å²) in [5.41, 5.74) is 0.201. The number of rotatable bonds is 7. The first-order chi connectivity index (χ1) is 20.8. The Bertz CT molecular complexity index is 1980. The van der Waals surface area contributed by atoms with Gasteiger partial charge < -0.3 is 18.8 Å². The fourth-order valence-electron chi connectivity index (χ4n) is 4.63. The summed E-state index contributed by atoms with van der Waals surface area (Å²) in [7, 11) is 0. The number of ether oxygens (including phenoxy) is 2. The maximum atomic E-state index is 13.5. The molecule has 14 heteroatoms. The number of amides is 1. The fourth-order valence-corrected chi connectivity index (χ4v) is 5.09.